The lowest BCUT2D eigenvalue weighted by Crippen LogP contribution is -2.27. The second-order valence-corrected chi connectivity index (χ2v) is 2.31. The zero-order chi connectivity index (χ0) is 7.56. The minimum Gasteiger partial charge on any atom is -0.465 e. The van der Waals surface area contributed by atoms with Crippen LogP contribution in [0.1, 0.15) is 6.42 Å². The quantitative estimate of drug-likeness (QED) is 0.485. The number of carbonyl (C=O) groups is 1. The van der Waals surface area contributed by atoms with Crippen molar-refractivity contribution < 1.29 is 19.7 Å². The molecular formula is C6H10O4. The number of aliphatic hydroxyl groups excluding tert-OH is 2. The van der Waals surface area contributed by atoms with Crippen LogP contribution in [0, 0.1) is 5.92 Å². The molecule has 2 N–H and O–H groups in total. The van der Waals surface area contributed by atoms with E-state index in [1.54, 1.807) is 0 Å². The van der Waals surface area contributed by atoms with Crippen LogP contribution in [0.15, 0.2) is 0 Å². The van der Waals surface area contributed by atoms with Crippen LogP contribution in [0.3, 0.4) is 0 Å². The van der Waals surface area contributed by atoms with Gasteiger partial charge in [-0.15, -0.1) is 0 Å². The molecule has 1 rings (SSSR count). The Hall–Kier alpha value is -0.610. The normalized spacial score (nSPS) is 28.2. The van der Waals surface area contributed by atoms with Gasteiger partial charge in [-0.25, -0.2) is 0 Å². The van der Waals surface area contributed by atoms with E-state index in [0.29, 0.717) is 13.0 Å². The molecule has 1 aliphatic rings. The number of esters is 1. The van der Waals surface area contributed by atoms with Gasteiger partial charge in [0.05, 0.1) is 25.2 Å². The third kappa shape index (κ3) is 1.27. The molecule has 0 aromatic carbocycles. The molecule has 0 bridgehead atoms. The lowest BCUT2D eigenvalue weighted by Gasteiger charge is -2.09. The summed E-state index contributed by atoms with van der Waals surface area (Å²) in [6.07, 6.45) is -0.435. The van der Waals surface area contributed by atoms with E-state index in [1.165, 1.54) is 0 Å². The molecular weight excluding hydrogens is 136 g/mol. The maximum absolute atomic E-state index is 10.7. The lowest BCUT2D eigenvalue weighted by atomic mass is 10.0. The summed E-state index contributed by atoms with van der Waals surface area (Å²) in [7, 11) is 0. The van der Waals surface area contributed by atoms with Gasteiger partial charge in [0.2, 0.25) is 0 Å². The Morgan fingerprint density at radius 1 is 1.80 bits per heavy atom. The first-order valence-corrected chi connectivity index (χ1v) is 3.21. The van der Waals surface area contributed by atoms with Crippen molar-refractivity contribution in [1.82, 2.24) is 0 Å². The van der Waals surface area contributed by atoms with Gasteiger partial charge in [-0.1, -0.05) is 0 Å². The van der Waals surface area contributed by atoms with E-state index in [-0.39, 0.29) is 6.61 Å². The molecule has 58 valence electrons. The minimum absolute atomic E-state index is 0.362. The zero-order valence-corrected chi connectivity index (χ0v) is 5.49. The van der Waals surface area contributed by atoms with Crippen molar-refractivity contribution in [3.63, 3.8) is 0 Å². The van der Waals surface area contributed by atoms with Crippen molar-refractivity contribution in [3.8, 4) is 0 Å². The summed E-state index contributed by atoms with van der Waals surface area (Å²) in [4.78, 5) is 10.7. The predicted molar refractivity (Wildman–Crippen MR) is 32.2 cm³/mol. The molecule has 0 saturated carbocycles. The van der Waals surface area contributed by atoms with Crippen LogP contribution in [-0.2, 0) is 9.53 Å². The first kappa shape index (κ1) is 7.50. The number of cyclic esters (lactones) is 1. The Morgan fingerprint density at radius 2 is 2.50 bits per heavy atom. The largest absolute Gasteiger partial charge is 0.465 e. The fourth-order valence-corrected chi connectivity index (χ4v) is 0.988. The highest BCUT2D eigenvalue weighted by molar-refractivity contribution is 5.74. The Bertz CT molecular complexity index is 134. The molecule has 1 aliphatic heterocycles. The molecule has 4 heteroatoms. The van der Waals surface area contributed by atoms with E-state index >= 15 is 0 Å². The third-order valence-electron chi connectivity index (χ3n) is 1.63. The average Bonchev–Trinajstić information content (AvgIpc) is 2.34. The number of aliphatic hydroxyl groups is 2. The van der Waals surface area contributed by atoms with E-state index in [1.807, 2.05) is 0 Å². The number of hydrogen-bond donors (Lipinski definition) is 2. The van der Waals surface area contributed by atoms with Crippen LogP contribution in [0.25, 0.3) is 0 Å². The summed E-state index contributed by atoms with van der Waals surface area (Å²) >= 11 is 0. The summed E-state index contributed by atoms with van der Waals surface area (Å²) in [5.41, 5.74) is 0. The van der Waals surface area contributed by atoms with E-state index in [0.717, 1.165) is 0 Å². The standard InChI is InChI=1S/C6H10O4/c7-3-5(8)4-1-2-10-6(4)9/h4-5,7-8H,1-3H2/t4-,5-/m0/s1. The Balaban J connectivity index is 2.46. The Labute approximate surface area is 58.4 Å². The monoisotopic (exact) mass is 146 g/mol. The van der Waals surface area contributed by atoms with Gasteiger partial charge in [0, 0.05) is 0 Å². The van der Waals surface area contributed by atoms with E-state index in [4.69, 9.17) is 10.2 Å². The highest BCUT2D eigenvalue weighted by Crippen LogP contribution is 2.17. The molecule has 0 radical (unpaired) electrons. The molecule has 10 heavy (non-hydrogen) atoms. The molecule has 0 aromatic heterocycles. The summed E-state index contributed by atoms with van der Waals surface area (Å²) in [6, 6.07) is 0. The topological polar surface area (TPSA) is 66.8 Å². The molecule has 0 unspecified atom stereocenters. The van der Waals surface area contributed by atoms with Gasteiger partial charge < -0.3 is 14.9 Å². The van der Waals surface area contributed by atoms with Crippen molar-refractivity contribution >= 4 is 5.97 Å². The number of ether oxygens (including phenoxy) is 1. The van der Waals surface area contributed by atoms with E-state index in [9.17, 15) is 4.79 Å². The molecule has 1 saturated heterocycles. The SMILES string of the molecule is O=C1OCC[C@H]1[C@@H](O)CO. The Kier molecular flexibility index (Phi) is 2.24. The van der Waals surface area contributed by atoms with Crippen LogP contribution in [0.4, 0.5) is 0 Å². The van der Waals surface area contributed by atoms with Gasteiger partial charge in [-0.05, 0) is 6.42 Å². The molecule has 2 atom stereocenters. The first-order chi connectivity index (χ1) is 4.75. The van der Waals surface area contributed by atoms with Gasteiger partial charge in [-0.2, -0.15) is 0 Å². The van der Waals surface area contributed by atoms with Crippen molar-refractivity contribution in [3.05, 3.63) is 0 Å². The maximum atomic E-state index is 10.7. The van der Waals surface area contributed by atoms with Gasteiger partial charge in [0.25, 0.3) is 0 Å². The van der Waals surface area contributed by atoms with Crippen molar-refractivity contribution in [2.24, 2.45) is 5.92 Å². The van der Waals surface area contributed by atoms with Gasteiger partial charge >= 0.3 is 5.97 Å². The second kappa shape index (κ2) is 2.98. The molecule has 1 heterocycles. The fourth-order valence-electron chi connectivity index (χ4n) is 0.988. The maximum Gasteiger partial charge on any atom is 0.311 e. The van der Waals surface area contributed by atoms with Crippen molar-refractivity contribution in [2.45, 2.75) is 12.5 Å². The summed E-state index contributed by atoms with van der Waals surface area (Å²) < 4.78 is 4.58. The second-order valence-electron chi connectivity index (χ2n) is 2.31. The first-order valence-electron chi connectivity index (χ1n) is 3.21. The number of hydrogen-bond acceptors (Lipinski definition) is 4. The summed E-state index contributed by atoms with van der Waals surface area (Å²) in [6.45, 7) is -0.0136. The lowest BCUT2D eigenvalue weighted by molar-refractivity contribution is -0.144. The predicted octanol–water partition coefficient (Wildman–Crippen LogP) is -1.10. The van der Waals surface area contributed by atoms with Crippen molar-refractivity contribution in [2.75, 3.05) is 13.2 Å². The number of carbonyl (C=O) groups excluding carboxylic acids is 1. The van der Waals surface area contributed by atoms with Gasteiger partial charge in [0.1, 0.15) is 0 Å². The third-order valence-corrected chi connectivity index (χ3v) is 1.63. The van der Waals surface area contributed by atoms with Gasteiger partial charge in [-0.3, -0.25) is 4.79 Å². The molecule has 0 amide bonds. The van der Waals surface area contributed by atoms with Gasteiger partial charge in [0.15, 0.2) is 0 Å². The van der Waals surface area contributed by atoms with E-state index < -0.39 is 18.0 Å². The zero-order valence-electron chi connectivity index (χ0n) is 5.49. The highest BCUT2D eigenvalue weighted by Gasteiger charge is 2.32. The molecule has 1 fully saturated rings. The fraction of sp³-hybridized carbons (Fsp3) is 0.833. The molecule has 4 nitrogen and oxygen atoms in total. The molecule has 0 aromatic rings. The van der Waals surface area contributed by atoms with Crippen LogP contribution in [0.2, 0.25) is 0 Å². The smallest absolute Gasteiger partial charge is 0.311 e. The van der Waals surface area contributed by atoms with E-state index in [2.05, 4.69) is 4.74 Å². The van der Waals surface area contributed by atoms with Crippen molar-refractivity contribution in [1.29, 1.82) is 0 Å². The average molecular weight is 146 g/mol. The van der Waals surface area contributed by atoms with Crippen LogP contribution in [0.5, 0.6) is 0 Å². The Morgan fingerprint density at radius 3 is 2.90 bits per heavy atom. The van der Waals surface area contributed by atoms with Crippen LogP contribution >= 0.6 is 0 Å². The number of rotatable bonds is 2. The summed E-state index contributed by atoms with van der Waals surface area (Å²) in [5, 5.41) is 17.4. The molecule has 0 aliphatic carbocycles. The highest BCUT2D eigenvalue weighted by atomic mass is 16.5. The summed E-state index contributed by atoms with van der Waals surface area (Å²) in [5.74, 6) is -0.911. The van der Waals surface area contributed by atoms with Crippen LogP contribution < -0.4 is 0 Å². The molecule has 0 spiro atoms. The minimum atomic E-state index is -0.949. The van der Waals surface area contributed by atoms with Crippen LogP contribution in [-0.4, -0.2) is 35.5 Å².